The monoisotopic (exact) mass is 292 g/mol. The fraction of sp³-hybridized carbons (Fsp3) is 0.500. The molecule has 1 saturated carbocycles. The molecule has 1 fully saturated rings. The molecule has 1 aliphatic carbocycles. The van der Waals surface area contributed by atoms with E-state index in [1.54, 1.807) is 14.1 Å². The van der Waals surface area contributed by atoms with E-state index in [0.717, 1.165) is 6.54 Å². The van der Waals surface area contributed by atoms with Crippen molar-refractivity contribution in [3.63, 3.8) is 0 Å². The van der Waals surface area contributed by atoms with Crippen molar-refractivity contribution < 1.29 is 9.72 Å². The van der Waals surface area contributed by atoms with Crippen LogP contribution in [0.1, 0.15) is 23.2 Å². The van der Waals surface area contributed by atoms with Crippen molar-refractivity contribution in [1.29, 1.82) is 0 Å². The van der Waals surface area contributed by atoms with Gasteiger partial charge in [-0.05, 0) is 25.0 Å². The van der Waals surface area contributed by atoms with Crippen LogP contribution in [0.4, 0.5) is 11.4 Å². The molecule has 21 heavy (non-hydrogen) atoms. The molecule has 0 unspecified atom stereocenters. The van der Waals surface area contributed by atoms with Crippen molar-refractivity contribution in [2.24, 2.45) is 0 Å². The highest BCUT2D eigenvalue weighted by Gasteiger charge is 2.20. The van der Waals surface area contributed by atoms with Crippen molar-refractivity contribution in [3.8, 4) is 0 Å². The first-order valence-electron chi connectivity index (χ1n) is 6.96. The largest absolute Gasteiger partial charge is 0.378 e. The maximum atomic E-state index is 11.9. The standard InChI is InChI=1S/C14H20N4O3/c1-17(2)14(19)10-3-6-13(18(20)21)12(9-10)16-8-7-15-11-4-5-11/h3,6,9,11,15-16H,4-5,7-8H2,1-2H3. The number of nitrogens with one attached hydrogen (secondary N) is 2. The van der Waals surface area contributed by atoms with E-state index in [1.807, 2.05) is 0 Å². The van der Waals surface area contributed by atoms with Crippen LogP contribution in [0, 0.1) is 10.1 Å². The molecular formula is C14H20N4O3. The molecular weight excluding hydrogens is 272 g/mol. The van der Waals surface area contributed by atoms with Crippen molar-refractivity contribution >= 4 is 17.3 Å². The quantitative estimate of drug-likeness (QED) is 0.451. The van der Waals surface area contributed by atoms with Crippen molar-refractivity contribution in [2.75, 3.05) is 32.5 Å². The Hall–Kier alpha value is -2.15. The second-order valence-corrected chi connectivity index (χ2v) is 5.34. The normalized spacial score (nSPS) is 13.8. The number of hydrogen-bond donors (Lipinski definition) is 2. The third-order valence-electron chi connectivity index (χ3n) is 3.30. The van der Waals surface area contributed by atoms with Crippen LogP contribution < -0.4 is 10.6 Å². The van der Waals surface area contributed by atoms with Gasteiger partial charge in [-0.2, -0.15) is 0 Å². The molecule has 0 saturated heterocycles. The molecule has 1 aromatic rings. The highest BCUT2D eigenvalue weighted by molar-refractivity contribution is 5.95. The lowest BCUT2D eigenvalue weighted by Gasteiger charge is -2.12. The van der Waals surface area contributed by atoms with Crippen LogP contribution >= 0.6 is 0 Å². The van der Waals surface area contributed by atoms with Crippen LogP contribution in [0.3, 0.4) is 0 Å². The van der Waals surface area contributed by atoms with Gasteiger partial charge in [-0.15, -0.1) is 0 Å². The van der Waals surface area contributed by atoms with Gasteiger partial charge in [0.15, 0.2) is 0 Å². The number of rotatable bonds is 7. The zero-order valence-corrected chi connectivity index (χ0v) is 12.3. The van der Waals surface area contributed by atoms with Crippen LogP contribution in [0.5, 0.6) is 0 Å². The van der Waals surface area contributed by atoms with E-state index in [0.29, 0.717) is 23.8 Å². The molecule has 1 aromatic carbocycles. The smallest absolute Gasteiger partial charge is 0.292 e. The number of carbonyl (C=O) groups excluding carboxylic acids is 1. The summed E-state index contributed by atoms with van der Waals surface area (Å²) in [5.41, 5.74) is 0.797. The Morgan fingerprint density at radius 3 is 2.67 bits per heavy atom. The maximum Gasteiger partial charge on any atom is 0.292 e. The number of anilines is 1. The topological polar surface area (TPSA) is 87.5 Å². The number of amides is 1. The van der Waals surface area contributed by atoms with E-state index < -0.39 is 4.92 Å². The third kappa shape index (κ3) is 4.16. The van der Waals surface area contributed by atoms with Gasteiger partial charge in [0, 0.05) is 44.9 Å². The van der Waals surface area contributed by atoms with Gasteiger partial charge in [-0.1, -0.05) is 0 Å². The van der Waals surface area contributed by atoms with Crippen LogP contribution in [0.15, 0.2) is 18.2 Å². The first-order valence-corrected chi connectivity index (χ1v) is 6.96. The van der Waals surface area contributed by atoms with Gasteiger partial charge in [0.05, 0.1) is 4.92 Å². The average Bonchev–Trinajstić information content (AvgIpc) is 3.26. The van der Waals surface area contributed by atoms with Gasteiger partial charge >= 0.3 is 0 Å². The SMILES string of the molecule is CN(C)C(=O)c1ccc([N+](=O)[O-])c(NCCNC2CC2)c1. The molecule has 0 aromatic heterocycles. The molecule has 2 N–H and O–H groups in total. The number of hydrogen-bond acceptors (Lipinski definition) is 5. The van der Waals surface area contributed by atoms with Crippen LogP contribution in [0.25, 0.3) is 0 Å². The summed E-state index contributed by atoms with van der Waals surface area (Å²) in [6.45, 7) is 1.32. The van der Waals surface area contributed by atoms with Gasteiger partial charge < -0.3 is 15.5 Å². The summed E-state index contributed by atoms with van der Waals surface area (Å²) in [6, 6.07) is 4.99. The van der Waals surface area contributed by atoms with E-state index in [9.17, 15) is 14.9 Å². The van der Waals surface area contributed by atoms with Gasteiger partial charge in [0.25, 0.3) is 11.6 Å². The second-order valence-electron chi connectivity index (χ2n) is 5.34. The van der Waals surface area contributed by atoms with E-state index in [4.69, 9.17) is 0 Å². The number of benzene rings is 1. The summed E-state index contributed by atoms with van der Waals surface area (Å²) in [5.74, 6) is -0.177. The summed E-state index contributed by atoms with van der Waals surface area (Å²) in [4.78, 5) is 24.0. The lowest BCUT2D eigenvalue weighted by molar-refractivity contribution is -0.384. The molecule has 0 atom stereocenters. The summed E-state index contributed by atoms with van der Waals surface area (Å²) in [6.07, 6.45) is 2.40. The molecule has 1 amide bonds. The van der Waals surface area contributed by atoms with E-state index in [-0.39, 0.29) is 11.6 Å². The van der Waals surface area contributed by atoms with Gasteiger partial charge in [-0.3, -0.25) is 14.9 Å². The Labute approximate surface area is 123 Å². The zero-order valence-electron chi connectivity index (χ0n) is 12.3. The lowest BCUT2D eigenvalue weighted by Crippen LogP contribution is -2.24. The number of nitrogens with zero attached hydrogens (tertiary/aromatic N) is 2. The predicted octanol–water partition coefficient (Wildman–Crippen LogP) is 1.46. The molecule has 114 valence electrons. The summed E-state index contributed by atoms with van der Waals surface area (Å²) in [5, 5.41) is 17.4. The number of nitro benzene ring substituents is 1. The fourth-order valence-electron chi connectivity index (χ4n) is 1.99. The van der Waals surface area contributed by atoms with Crippen molar-refractivity contribution in [3.05, 3.63) is 33.9 Å². The summed E-state index contributed by atoms with van der Waals surface area (Å²) in [7, 11) is 3.30. The lowest BCUT2D eigenvalue weighted by atomic mass is 10.1. The van der Waals surface area contributed by atoms with E-state index in [1.165, 1.54) is 35.9 Å². The molecule has 0 heterocycles. The molecule has 0 aliphatic heterocycles. The molecule has 2 rings (SSSR count). The zero-order chi connectivity index (χ0) is 15.4. The fourth-order valence-corrected chi connectivity index (χ4v) is 1.99. The Kier molecular flexibility index (Phi) is 4.74. The minimum absolute atomic E-state index is 0.0169. The Balaban J connectivity index is 2.07. The van der Waals surface area contributed by atoms with Crippen LogP contribution in [-0.2, 0) is 0 Å². The maximum absolute atomic E-state index is 11.9. The second kappa shape index (κ2) is 6.53. The van der Waals surface area contributed by atoms with Gasteiger partial charge in [-0.25, -0.2) is 0 Å². The third-order valence-corrected chi connectivity index (χ3v) is 3.30. The number of carbonyl (C=O) groups is 1. The summed E-state index contributed by atoms with van der Waals surface area (Å²) < 4.78 is 0. The number of nitro groups is 1. The van der Waals surface area contributed by atoms with Crippen molar-refractivity contribution in [1.82, 2.24) is 10.2 Å². The molecule has 7 heteroatoms. The van der Waals surface area contributed by atoms with Crippen molar-refractivity contribution in [2.45, 2.75) is 18.9 Å². The average molecular weight is 292 g/mol. The Morgan fingerprint density at radius 1 is 1.38 bits per heavy atom. The van der Waals surface area contributed by atoms with E-state index in [2.05, 4.69) is 10.6 Å². The molecule has 0 spiro atoms. The first-order chi connectivity index (χ1) is 9.99. The molecule has 1 aliphatic rings. The van der Waals surface area contributed by atoms with Gasteiger partial charge in [0.1, 0.15) is 5.69 Å². The molecule has 7 nitrogen and oxygen atoms in total. The minimum atomic E-state index is -0.444. The molecule has 0 bridgehead atoms. The highest BCUT2D eigenvalue weighted by Crippen LogP contribution is 2.26. The molecule has 0 radical (unpaired) electrons. The van der Waals surface area contributed by atoms with Crippen LogP contribution in [-0.4, -0.2) is 49.0 Å². The van der Waals surface area contributed by atoms with Gasteiger partial charge in [0.2, 0.25) is 0 Å². The predicted molar refractivity (Wildman–Crippen MR) is 80.6 cm³/mol. The summed E-state index contributed by atoms with van der Waals surface area (Å²) >= 11 is 0. The Morgan fingerprint density at radius 2 is 2.10 bits per heavy atom. The highest BCUT2D eigenvalue weighted by atomic mass is 16.6. The van der Waals surface area contributed by atoms with E-state index >= 15 is 0 Å². The minimum Gasteiger partial charge on any atom is -0.378 e. The van der Waals surface area contributed by atoms with Crippen LogP contribution in [0.2, 0.25) is 0 Å². The first kappa shape index (κ1) is 15.2. The Bertz CT molecular complexity index is 541.